The predicted molar refractivity (Wildman–Crippen MR) is 108 cm³/mol. The number of carbonyl (C=O) groups excluding carboxylic acids is 2. The molecule has 5 rings (SSSR count). The van der Waals surface area contributed by atoms with Gasteiger partial charge in [-0.05, 0) is 24.3 Å². The van der Waals surface area contributed by atoms with E-state index < -0.39 is 17.6 Å². The minimum Gasteiger partial charge on any atom is -0.486 e. The van der Waals surface area contributed by atoms with E-state index in [1.165, 1.54) is 6.07 Å². The summed E-state index contributed by atoms with van der Waals surface area (Å²) in [6, 6.07) is 13.4. The number of hydrogen-bond donors (Lipinski definition) is 1. The Hall–Kier alpha value is -3.81. The molecule has 1 N–H and O–H groups in total. The molecular formula is C22H18N2O6. The third-order valence-corrected chi connectivity index (χ3v) is 5.18. The molecule has 8 nitrogen and oxygen atoms in total. The molecule has 0 spiro atoms. The minimum atomic E-state index is -0.709. The summed E-state index contributed by atoms with van der Waals surface area (Å²) in [6.07, 6.45) is 0.138. The largest absolute Gasteiger partial charge is 0.486 e. The third kappa shape index (κ3) is 3.26. The van der Waals surface area contributed by atoms with Crippen LogP contribution in [0.1, 0.15) is 16.8 Å². The number of amides is 2. The number of para-hydroxylation sites is 1. The fourth-order valence-electron chi connectivity index (χ4n) is 3.74. The van der Waals surface area contributed by atoms with Crippen LogP contribution in [0.15, 0.2) is 57.7 Å². The van der Waals surface area contributed by atoms with Gasteiger partial charge in [-0.3, -0.25) is 9.59 Å². The second-order valence-corrected chi connectivity index (χ2v) is 7.19. The summed E-state index contributed by atoms with van der Waals surface area (Å²) in [4.78, 5) is 39.0. The normalized spacial score (nSPS) is 17.9. The van der Waals surface area contributed by atoms with Gasteiger partial charge in [0.05, 0.1) is 6.04 Å². The van der Waals surface area contributed by atoms with Crippen LogP contribution < -0.4 is 25.3 Å². The Morgan fingerprint density at radius 2 is 1.80 bits per heavy atom. The van der Waals surface area contributed by atoms with Crippen LogP contribution in [0.4, 0.5) is 5.69 Å². The molecule has 1 aromatic heterocycles. The maximum Gasteiger partial charge on any atom is 0.349 e. The van der Waals surface area contributed by atoms with Gasteiger partial charge in [0, 0.05) is 30.1 Å². The van der Waals surface area contributed by atoms with E-state index >= 15 is 0 Å². The zero-order chi connectivity index (χ0) is 20.7. The quantitative estimate of drug-likeness (QED) is 0.669. The highest BCUT2D eigenvalue weighted by Crippen LogP contribution is 2.35. The van der Waals surface area contributed by atoms with Crippen LogP contribution in [-0.2, 0) is 4.79 Å². The number of fused-ring (bicyclic) bond motifs is 2. The Kier molecular flexibility index (Phi) is 4.39. The summed E-state index contributed by atoms with van der Waals surface area (Å²) in [5.74, 6) is 0.552. The maximum absolute atomic E-state index is 12.7. The Morgan fingerprint density at radius 1 is 1.00 bits per heavy atom. The lowest BCUT2D eigenvalue weighted by molar-refractivity contribution is -0.117. The highest BCUT2D eigenvalue weighted by Gasteiger charge is 2.33. The van der Waals surface area contributed by atoms with Crippen LogP contribution in [-0.4, -0.2) is 37.6 Å². The summed E-state index contributed by atoms with van der Waals surface area (Å²) in [6.45, 7) is 1.24. The van der Waals surface area contributed by atoms with Crippen molar-refractivity contribution < 1.29 is 23.5 Å². The first-order valence-electron chi connectivity index (χ1n) is 9.62. The zero-order valence-electron chi connectivity index (χ0n) is 15.9. The van der Waals surface area contributed by atoms with Gasteiger partial charge in [0.2, 0.25) is 5.91 Å². The second-order valence-electron chi connectivity index (χ2n) is 7.19. The Bertz CT molecular complexity index is 1220. The van der Waals surface area contributed by atoms with E-state index in [1.54, 1.807) is 47.4 Å². The monoisotopic (exact) mass is 406 g/mol. The first-order chi connectivity index (χ1) is 14.6. The molecule has 2 aliphatic heterocycles. The lowest BCUT2D eigenvalue weighted by atomic mass is 10.1. The van der Waals surface area contributed by atoms with Crippen LogP contribution in [0.25, 0.3) is 11.0 Å². The van der Waals surface area contributed by atoms with Gasteiger partial charge >= 0.3 is 5.63 Å². The summed E-state index contributed by atoms with van der Waals surface area (Å²) in [7, 11) is 0. The summed E-state index contributed by atoms with van der Waals surface area (Å²) in [5, 5.41) is 3.43. The average molecular weight is 406 g/mol. The predicted octanol–water partition coefficient (Wildman–Crippen LogP) is 2.10. The third-order valence-electron chi connectivity index (χ3n) is 5.18. The van der Waals surface area contributed by atoms with Crippen LogP contribution >= 0.6 is 0 Å². The number of nitrogens with zero attached hydrogens (tertiary/aromatic N) is 1. The first kappa shape index (κ1) is 18.2. The fourth-order valence-corrected chi connectivity index (χ4v) is 3.74. The Labute approximate surface area is 171 Å². The zero-order valence-corrected chi connectivity index (χ0v) is 15.9. The van der Waals surface area contributed by atoms with Crippen molar-refractivity contribution in [3.8, 4) is 11.5 Å². The fraction of sp³-hybridized carbons (Fsp3) is 0.227. The van der Waals surface area contributed by atoms with Gasteiger partial charge in [-0.1, -0.05) is 18.2 Å². The molecule has 1 atom stereocenters. The molecule has 0 bridgehead atoms. The molecule has 2 aromatic carbocycles. The minimum absolute atomic E-state index is 0.0843. The highest BCUT2D eigenvalue weighted by atomic mass is 16.6. The lowest BCUT2D eigenvalue weighted by Crippen LogP contribution is -2.39. The van der Waals surface area contributed by atoms with Crippen LogP contribution in [0, 0.1) is 0 Å². The van der Waals surface area contributed by atoms with E-state index in [0.29, 0.717) is 47.9 Å². The molecule has 0 saturated carbocycles. The van der Waals surface area contributed by atoms with Gasteiger partial charge in [-0.25, -0.2) is 4.79 Å². The summed E-state index contributed by atoms with van der Waals surface area (Å²) in [5.41, 5.74) is 0.296. The molecule has 8 heteroatoms. The molecule has 1 fully saturated rings. The molecule has 30 heavy (non-hydrogen) atoms. The van der Waals surface area contributed by atoms with Gasteiger partial charge in [0.15, 0.2) is 11.5 Å². The van der Waals surface area contributed by atoms with Crippen molar-refractivity contribution in [1.29, 1.82) is 0 Å². The molecule has 1 unspecified atom stereocenters. The van der Waals surface area contributed by atoms with E-state index in [2.05, 4.69) is 5.32 Å². The molecule has 152 valence electrons. The second kappa shape index (κ2) is 7.22. The maximum atomic E-state index is 12.7. The number of anilines is 1. The molecule has 1 saturated heterocycles. The van der Waals surface area contributed by atoms with Gasteiger partial charge in [-0.15, -0.1) is 0 Å². The van der Waals surface area contributed by atoms with E-state index in [0.717, 1.165) is 0 Å². The van der Waals surface area contributed by atoms with Crippen LogP contribution in [0.2, 0.25) is 0 Å². The summed E-state index contributed by atoms with van der Waals surface area (Å²) < 4.78 is 16.3. The van der Waals surface area contributed by atoms with Crippen LogP contribution in [0.5, 0.6) is 11.5 Å². The summed E-state index contributed by atoms with van der Waals surface area (Å²) >= 11 is 0. The standard InChI is InChI=1S/C22H18N2O6/c25-20-10-14(12-24(20)15-5-6-18-19(11-15)29-8-7-28-18)23-21(26)16-9-13-3-1-2-4-17(13)30-22(16)27/h1-6,9,11,14H,7-8,10,12H2,(H,23,26). The Balaban J connectivity index is 1.33. The average Bonchev–Trinajstić information content (AvgIpc) is 3.12. The number of ether oxygens (including phenoxy) is 2. The SMILES string of the molecule is O=C(NC1CC(=O)N(c2ccc3c(c2)OCCO3)C1)c1cc2ccccc2oc1=O. The Morgan fingerprint density at radius 3 is 2.67 bits per heavy atom. The molecule has 3 heterocycles. The first-order valence-corrected chi connectivity index (χ1v) is 9.62. The van der Waals surface area contributed by atoms with E-state index in [-0.39, 0.29) is 17.9 Å². The molecule has 3 aromatic rings. The van der Waals surface area contributed by atoms with Crippen molar-refractivity contribution >= 4 is 28.5 Å². The van der Waals surface area contributed by atoms with E-state index in [9.17, 15) is 14.4 Å². The van der Waals surface area contributed by atoms with Crippen molar-refractivity contribution in [3.63, 3.8) is 0 Å². The van der Waals surface area contributed by atoms with E-state index in [1.807, 2.05) is 0 Å². The molecule has 0 aliphatic carbocycles. The lowest BCUT2D eigenvalue weighted by Gasteiger charge is -2.22. The van der Waals surface area contributed by atoms with E-state index in [4.69, 9.17) is 13.9 Å². The number of benzene rings is 2. The van der Waals surface area contributed by atoms with Crippen molar-refractivity contribution in [2.24, 2.45) is 0 Å². The van der Waals surface area contributed by atoms with Crippen LogP contribution in [0.3, 0.4) is 0 Å². The van der Waals surface area contributed by atoms with Gasteiger partial charge in [-0.2, -0.15) is 0 Å². The highest BCUT2D eigenvalue weighted by molar-refractivity contribution is 6.00. The smallest absolute Gasteiger partial charge is 0.349 e. The number of carbonyl (C=O) groups is 2. The van der Waals surface area contributed by atoms with Crippen molar-refractivity contribution in [2.45, 2.75) is 12.5 Å². The van der Waals surface area contributed by atoms with Crippen molar-refractivity contribution in [3.05, 3.63) is 64.5 Å². The number of hydrogen-bond acceptors (Lipinski definition) is 6. The number of rotatable bonds is 3. The topological polar surface area (TPSA) is 98.1 Å². The van der Waals surface area contributed by atoms with Gasteiger partial charge < -0.3 is 24.1 Å². The molecule has 2 aliphatic rings. The van der Waals surface area contributed by atoms with Gasteiger partial charge in [0.1, 0.15) is 24.4 Å². The molecular weight excluding hydrogens is 388 g/mol. The van der Waals surface area contributed by atoms with Crippen molar-refractivity contribution in [2.75, 3.05) is 24.7 Å². The van der Waals surface area contributed by atoms with Crippen molar-refractivity contribution in [1.82, 2.24) is 5.32 Å². The molecule has 0 radical (unpaired) electrons. The molecule has 2 amide bonds. The number of nitrogens with one attached hydrogen (secondary N) is 1. The van der Waals surface area contributed by atoms with Gasteiger partial charge in [0.25, 0.3) is 5.91 Å².